The van der Waals surface area contributed by atoms with Crippen LogP contribution in [0.4, 0.5) is 5.69 Å². The van der Waals surface area contributed by atoms with Crippen LogP contribution in [0.3, 0.4) is 0 Å². The number of aromatic amines is 1. The molecule has 126 valence electrons. The highest BCUT2D eigenvalue weighted by Gasteiger charge is 2.38. The second-order valence-corrected chi connectivity index (χ2v) is 6.94. The number of benzene rings is 1. The molecular weight excluding hydrogens is 300 g/mol. The van der Waals surface area contributed by atoms with Gasteiger partial charge in [0.1, 0.15) is 0 Å². The van der Waals surface area contributed by atoms with Gasteiger partial charge < -0.3 is 4.90 Å². The fourth-order valence-corrected chi connectivity index (χ4v) is 4.05. The van der Waals surface area contributed by atoms with Gasteiger partial charge in [-0.2, -0.15) is 5.10 Å². The molecule has 1 aromatic carbocycles. The predicted octanol–water partition coefficient (Wildman–Crippen LogP) is 2.70. The van der Waals surface area contributed by atoms with Gasteiger partial charge in [-0.05, 0) is 50.9 Å². The summed E-state index contributed by atoms with van der Waals surface area (Å²) >= 11 is 0. The molecule has 0 aliphatic carbocycles. The molecule has 1 aromatic heterocycles. The van der Waals surface area contributed by atoms with Crippen molar-refractivity contribution in [2.75, 3.05) is 24.5 Å². The average molecular weight is 324 g/mol. The van der Waals surface area contributed by atoms with Crippen LogP contribution in [0.25, 0.3) is 0 Å². The molecule has 1 N–H and O–H groups in total. The molecule has 2 aromatic rings. The van der Waals surface area contributed by atoms with E-state index in [1.807, 2.05) is 42.2 Å². The Morgan fingerprint density at radius 1 is 1.17 bits per heavy atom. The van der Waals surface area contributed by atoms with Crippen LogP contribution in [0.5, 0.6) is 0 Å². The summed E-state index contributed by atoms with van der Waals surface area (Å²) in [5, 5.41) is 7.48. The zero-order valence-corrected chi connectivity index (χ0v) is 14.1. The molecule has 2 aliphatic heterocycles. The maximum absolute atomic E-state index is 12.9. The largest absolute Gasteiger partial charge is 0.311 e. The number of aryl methyl sites for hydroxylation is 1. The van der Waals surface area contributed by atoms with E-state index in [1.54, 1.807) is 0 Å². The molecule has 24 heavy (non-hydrogen) atoms. The molecule has 2 fully saturated rings. The van der Waals surface area contributed by atoms with Gasteiger partial charge in [-0.15, -0.1) is 0 Å². The first-order valence-electron chi connectivity index (χ1n) is 8.85. The highest BCUT2D eigenvalue weighted by Crippen LogP contribution is 2.31. The summed E-state index contributed by atoms with van der Waals surface area (Å²) in [6.45, 7) is 4.80. The Bertz CT molecular complexity index is 711. The lowest BCUT2D eigenvalue weighted by Gasteiger charge is -2.35. The summed E-state index contributed by atoms with van der Waals surface area (Å²) in [6.07, 6.45) is 3.20. The molecule has 0 unspecified atom stereocenters. The van der Waals surface area contributed by atoms with E-state index >= 15 is 0 Å². The number of amides is 1. The number of nitrogens with one attached hydrogen (secondary N) is 1. The lowest BCUT2D eigenvalue weighted by atomic mass is 9.93. The second-order valence-electron chi connectivity index (χ2n) is 6.94. The number of hydrogen-bond donors (Lipinski definition) is 1. The number of H-pyrrole nitrogens is 1. The quantitative estimate of drug-likeness (QED) is 0.944. The van der Waals surface area contributed by atoms with E-state index < -0.39 is 0 Å². The number of carbonyl (C=O) groups is 1. The van der Waals surface area contributed by atoms with Crippen molar-refractivity contribution in [3.8, 4) is 0 Å². The van der Waals surface area contributed by atoms with E-state index in [0.29, 0.717) is 5.92 Å². The first-order chi connectivity index (χ1) is 11.7. The van der Waals surface area contributed by atoms with E-state index in [0.717, 1.165) is 56.0 Å². The Kier molecular flexibility index (Phi) is 4.10. The average Bonchev–Trinajstić information content (AvgIpc) is 3.22. The fraction of sp³-hybridized carbons (Fsp3) is 0.474. The van der Waals surface area contributed by atoms with Crippen LogP contribution in [0, 0.1) is 6.92 Å². The second kappa shape index (κ2) is 6.40. The van der Waals surface area contributed by atoms with Gasteiger partial charge in [-0.3, -0.25) is 14.8 Å². The van der Waals surface area contributed by atoms with Gasteiger partial charge in [0.05, 0.1) is 11.7 Å². The smallest absolute Gasteiger partial charge is 0.244 e. The van der Waals surface area contributed by atoms with Crippen LogP contribution in [0.15, 0.2) is 36.4 Å². The minimum Gasteiger partial charge on any atom is -0.311 e. The van der Waals surface area contributed by atoms with Crippen molar-refractivity contribution in [2.45, 2.75) is 38.1 Å². The summed E-state index contributed by atoms with van der Waals surface area (Å²) < 4.78 is 0. The molecule has 5 heteroatoms. The van der Waals surface area contributed by atoms with Gasteiger partial charge in [0.2, 0.25) is 5.91 Å². The molecule has 2 saturated heterocycles. The maximum Gasteiger partial charge on any atom is 0.244 e. The third-order valence-electron chi connectivity index (χ3n) is 5.28. The third-order valence-corrected chi connectivity index (χ3v) is 5.28. The number of rotatable bonds is 3. The van der Waals surface area contributed by atoms with Crippen LogP contribution in [0.1, 0.15) is 36.6 Å². The number of aromatic nitrogens is 2. The number of piperidine rings is 1. The molecule has 0 bridgehead atoms. The van der Waals surface area contributed by atoms with Gasteiger partial charge >= 0.3 is 0 Å². The Morgan fingerprint density at radius 3 is 2.75 bits per heavy atom. The number of nitrogens with zero attached hydrogens (tertiary/aromatic N) is 3. The van der Waals surface area contributed by atoms with Gasteiger partial charge in [-0.1, -0.05) is 18.2 Å². The van der Waals surface area contributed by atoms with Crippen molar-refractivity contribution in [1.82, 2.24) is 15.1 Å². The van der Waals surface area contributed by atoms with Crippen LogP contribution < -0.4 is 4.90 Å². The zero-order valence-electron chi connectivity index (χ0n) is 14.1. The van der Waals surface area contributed by atoms with Crippen molar-refractivity contribution in [2.24, 2.45) is 0 Å². The minimum atomic E-state index is 0.0213. The molecule has 1 amide bonds. The van der Waals surface area contributed by atoms with Crippen molar-refractivity contribution < 1.29 is 4.79 Å². The Balaban J connectivity index is 1.47. The molecule has 0 spiro atoms. The van der Waals surface area contributed by atoms with Gasteiger partial charge in [-0.25, -0.2) is 0 Å². The lowest BCUT2D eigenvalue weighted by molar-refractivity contribution is -0.122. The molecule has 2 aliphatic rings. The summed E-state index contributed by atoms with van der Waals surface area (Å²) in [6, 6.07) is 12.2. The highest BCUT2D eigenvalue weighted by atomic mass is 16.2. The molecule has 5 nitrogen and oxygen atoms in total. The first kappa shape index (κ1) is 15.4. The van der Waals surface area contributed by atoms with Crippen molar-refractivity contribution in [3.05, 3.63) is 47.8 Å². The van der Waals surface area contributed by atoms with Crippen LogP contribution in [0.2, 0.25) is 0 Å². The zero-order chi connectivity index (χ0) is 16.5. The standard InChI is InChI=1S/C19H24N4O/c1-14-12-17(21-20-14)15-6-5-10-22(13-15)18-9-11-23(19(18)24)16-7-3-2-4-8-16/h2-4,7-8,12,15,18H,5-6,9-11,13H2,1H3,(H,20,21)/t15-,18+/m1/s1. The normalized spacial score (nSPS) is 25.4. The topological polar surface area (TPSA) is 52.2 Å². The third kappa shape index (κ3) is 2.84. The summed E-state index contributed by atoms with van der Waals surface area (Å²) in [5.41, 5.74) is 3.26. The molecule has 2 atom stereocenters. The summed E-state index contributed by atoms with van der Waals surface area (Å²) in [7, 11) is 0. The number of hydrogen-bond acceptors (Lipinski definition) is 3. The molecule has 0 saturated carbocycles. The number of carbonyl (C=O) groups excluding carboxylic acids is 1. The van der Waals surface area contributed by atoms with Crippen LogP contribution in [-0.2, 0) is 4.79 Å². The molecule has 3 heterocycles. The fourth-order valence-electron chi connectivity index (χ4n) is 4.05. The Hall–Kier alpha value is -2.14. The van der Waals surface area contributed by atoms with Crippen LogP contribution in [-0.4, -0.2) is 46.7 Å². The van der Waals surface area contributed by atoms with E-state index in [9.17, 15) is 4.79 Å². The highest BCUT2D eigenvalue weighted by molar-refractivity contribution is 5.99. The van der Waals surface area contributed by atoms with Crippen LogP contribution >= 0.6 is 0 Å². The summed E-state index contributed by atoms with van der Waals surface area (Å²) in [4.78, 5) is 17.2. The molecule has 0 radical (unpaired) electrons. The minimum absolute atomic E-state index is 0.0213. The summed E-state index contributed by atoms with van der Waals surface area (Å²) in [5.74, 6) is 0.683. The Labute approximate surface area is 142 Å². The monoisotopic (exact) mass is 324 g/mol. The SMILES string of the molecule is Cc1cc([C@@H]2CCCN([C@H]3CCN(c4ccccc4)C3=O)C2)n[nH]1. The number of para-hydroxylation sites is 1. The van der Waals surface area contributed by atoms with Crippen molar-refractivity contribution >= 4 is 11.6 Å². The molecule has 4 rings (SSSR count). The van der Waals surface area contributed by atoms with E-state index in [-0.39, 0.29) is 11.9 Å². The first-order valence-corrected chi connectivity index (χ1v) is 8.85. The predicted molar refractivity (Wildman–Crippen MR) is 94.1 cm³/mol. The van der Waals surface area contributed by atoms with E-state index in [2.05, 4.69) is 21.2 Å². The van der Waals surface area contributed by atoms with Crippen molar-refractivity contribution in [1.29, 1.82) is 0 Å². The van der Waals surface area contributed by atoms with Crippen molar-refractivity contribution in [3.63, 3.8) is 0 Å². The van der Waals surface area contributed by atoms with Gasteiger partial charge in [0.15, 0.2) is 0 Å². The maximum atomic E-state index is 12.9. The van der Waals surface area contributed by atoms with Gasteiger partial charge in [0.25, 0.3) is 0 Å². The number of likely N-dealkylation sites (tertiary alicyclic amines) is 1. The van der Waals surface area contributed by atoms with E-state index in [4.69, 9.17) is 0 Å². The lowest BCUT2D eigenvalue weighted by Crippen LogP contribution is -2.46. The number of anilines is 1. The Morgan fingerprint density at radius 2 is 2.00 bits per heavy atom. The van der Waals surface area contributed by atoms with Gasteiger partial charge in [0, 0.05) is 30.4 Å². The molecular formula is C19H24N4O. The van der Waals surface area contributed by atoms with E-state index in [1.165, 1.54) is 0 Å².